The first-order chi connectivity index (χ1) is 8.86. The Kier molecular flexibility index (Phi) is 3.11. The Hall–Kier alpha value is -2.22. The third-order valence-corrected chi connectivity index (χ3v) is 2.99. The Morgan fingerprint density at radius 3 is 2.58 bits per heavy atom. The summed E-state index contributed by atoms with van der Waals surface area (Å²) in [5.74, 6) is 4.11. The molecule has 2 N–H and O–H groups in total. The van der Waals surface area contributed by atoms with Gasteiger partial charge in [-0.05, 0) is 0 Å². The van der Waals surface area contributed by atoms with Gasteiger partial charge in [0, 0.05) is 12.5 Å². The fraction of sp³-hybridized carbons (Fsp3) is 0.429. The van der Waals surface area contributed by atoms with Crippen molar-refractivity contribution in [2.45, 2.75) is 32.7 Å². The van der Waals surface area contributed by atoms with Crippen LogP contribution in [0.4, 0.5) is 5.82 Å². The second-order valence-corrected chi connectivity index (χ2v) is 5.60. The summed E-state index contributed by atoms with van der Waals surface area (Å²) in [4.78, 5) is 8.79. The van der Waals surface area contributed by atoms with Crippen LogP contribution in [0.2, 0.25) is 0 Å². The van der Waals surface area contributed by atoms with Crippen LogP contribution in [0.5, 0.6) is 0 Å². The molecule has 5 heteroatoms. The smallest absolute Gasteiger partial charge is 0.134 e. The minimum absolute atomic E-state index is 0.123. The van der Waals surface area contributed by atoms with Gasteiger partial charge in [-0.25, -0.2) is 9.97 Å². The highest BCUT2D eigenvalue weighted by molar-refractivity contribution is 5.68. The summed E-state index contributed by atoms with van der Waals surface area (Å²) in [5.41, 5.74) is 7.71. The van der Waals surface area contributed by atoms with Crippen molar-refractivity contribution in [1.82, 2.24) is 19.1 Å². The topological polar surface area (TPSA) is 61.7 Å². The van der Waals surface area contributed by atoms with Crippen molar-refractivity contribution in [1.29, 1.82) is 0 Å². The summed E-state index contributed by atoms with van der Waals surface area (Å²) in [7, 11) is 1.92. The molecule has 2 aromatic rings. The van der Waals surface area contributed by atoms with Crippen LogP contribution in [0, 0.1) is 12.3 Å². The van der Waals surface area contributed by atoms with Crippen LogP contribution in [-0.2, 0) is 19.0 Å². The molecule has 0 spiro atoms. The zero-order valence-electron chi connectivity index (χ0n) is 11.8. The molecule has 0 unspecified atom stereocenters. The molecule has 0 atom stereocenters. The number of aryl methyl sites for hydroxylation is 1. The van der Waals surface area contributed by atoms with E-state index in [1.165, 1.54) is 0 Å². The van der Waals surface area contributed by atoms with E-state index in [1.807, 2.05) is 16.2 Å². The van der Waals surface area contributed by atoms with E-state index in [0.717, 1.165) is 17.2 Å². The first kappa shape index (κ1) is 13.2. The number of anilines is 1. The predicted molar refractivity (Wildman–Crippen MR) is 76.4 cm³/mol. The van der Waals surface area contributed by atoms with Gasteiger partial charge in [0.15, 0.2) is 0 Å². The summed E-state index contributed by atoms with van der Waals surface area (Å²) >= 11 is 0. The van der Waals surface area contributed by atoms with Crippen molar-refractivity contribution in [3.05, 3.63) is 18.3 Å². The van der Waals surface area contributed by atoms with Crippen molar-refractivity contribution in [2.75, 3.05) is 5.73 Å². The minimum Gasteiger partial charge on any atom is -0.383 e. The second-order valence-electron chi connectivity index (χ2n) is 5.60. The molecule has 0 aliphatic rings. The van der Waals surface area contributed by atoms with E-state index in [9.17, 15) is 0 Å². The van der Waals surface area contributed by atoms with Gasteiger partial charge in [0.1, 0.15) is 17.3 Å². The molecule has 19 heavy (non-hydrogen) atoms. The molecule has 0 aliphatic carbocycles. The van der Waals surface area contributed by atoms with Crippen LogP contribution in [0.1, 0.15) is 26.6 Å². The molecule has 0 saturated carbocycles. The summed E-state index contributed by atoms with van der Waals surface area (Å²) in [6, 6.07) is 0. The molecule has 2 rings (SSSR count). The monoisotopic (exact) mass is 257 g/mol. The molecule has 0 radical (unpaired) electrons. The van der Waals surface area contributed by atoms with Gasteiger partial charge >= 0.3 is 0 Å². The third kappa shape index (κ3) is 2.22. The molecule has 0 bridgehead atoms. The highest BCUT2D eigenvalue weighted by Crippen LogP contribution is 2.31. The van der Waals surface area contributed by atoms with E-state index in [-0.39, 0.29) is 5.41 Å². The van der Waals surface area contributed by atoms with Gasteiger partial charge in [-0.2, -0.15) is 0 Å². The fourth-order valence-electron chi connectivity index (χ4n) is 2.06. The molecular formula is C14H19N5. The largest absolute Gasteiger partial charge is 0.383 e. The van der Waals surface area contributed by atoms with Crippen molar-refractivity contribution >= 4 is 5.82 Å². The zero-order valence-corrected chi connectivity index (χ0v) is 11.8. The van der Waals surface area contributed by atoms with Crippen molar-refractivity contribution in [3.8, 4) is 23.7 Å². The fourth-order valence-corrected chi connectivity index (χ4v) is 2.06. The van der Waals surface area contributed by atoms with E-state index >= 15 is 0 Å². The Balaban J connectivity index is 2.66. The zero-order chi connectivity index (χ0) is 14.2. The van der Waals surface area contributed by atoms with Crippen molar-refractivity contribution in [3.63, 3.8) is 0 Å². The lowest BCUT2D eigenvalue weighted by Crippen LogP contribution is -2.19. The first-order valence-electron chi connectivity index (χ1n) is 6.13. The van der Waals surface area contributed by atoms with Gasteiger partial charge < -0.3 is 14.9 Å². The maximum absolute atomic E-state index is 6.21. The van der Waals surface area contributed by atoms with Crippen LogP contribution in [0.3, 0.4) is 0 Å². The van der Waals surface area contributed by atoms with Crippen molar-refractivity contribution < 1.29 is 0 Å². The van der Waals surface area contributed by atoms with E-state index in [0.29, 0.717) is 12.4 Å². The Labute approximate surface area is 113 Å². The highest BCUT2D eigenvalue weighted by Gasteiger charge is 2.25. The van der Waals surface area contributed by atoms with Crippen LogP contribution < -0.4 is 5.73 Å². The Bertz CT molecular complexity index is 634. The summed E-state index contributed by atoms with van der Waals surface area (Å²) in [6.07, 6.45) is 8.91. The lowest BCUT2D eigenvalue weighted by Gasteiger charge is -2.18. The minimum atomic E-state index is -0.123. The summed E-state index contributed by atoms with van der Waals surface area (Å²) in [6.45, 7) is 6.70. The number of hydrogen-bond acceptors (Lipinski definition) is 3. The Morgan fingerprint density at radius 2 is 2.11 bits per heavy atom. The maximum Gasteiger partial charge on any atom is 0.134 e. The van der Waals surface area contributed by atoms with Gasteiger partial charge in [0.05, 0.1) is 24.8 Å². The second kappa shape index (κ2) is 4.47. The maximum atomic E-state index is 6.21. The van der Waals surface area contributed by atoms with E-state index in [4.69, 9.17) is 12.2 Å². The average molecular weight is 257 g/mol. The molecular weight excluding hydrogens is 238 g/mol. The van der Waals surface area contributed by atoms with Gasteiger partial charge in [-0.15, -0.1) is 6.42 Å². The van der Waals surface area contributed by atoms with Crippen LogP contribution >= 0.6 is 0 Å². The molecule has 0 aliphatic heterocycles. The van der Waals surface area contributed by atoms with E-state index in [1.54, 1.807) is 12.5 Å². The number of nitrogen functional groups attached to an aromatic ring is 1. The SMILES string of the molecule is C#CCn1c(C(C)(C)C)nc(-c2cncn2C)c1N. The lowest BCUT2D eigenvalue weighted by molar-refractivity contribution is 0.517. The van der Waals surface area contributed by atoms with Gasteiger partial charge in [0.2, 0.25) is 0 Å². The molecule has 5 nitrogen and oxygen atoms in total. The van der Waals surface area contributed by atoms with Crippen molar-refractivity contribution in [2.24, 2.45) is 7.05 Å². The van der Waals surface area contributed by atoms with Crippen LogP contribution in [0.15, 0.2) is 12.5 Å². The van der Waals surface area contributed by atoms with E-state index in [2.05, 4.69) is 36.7 Å². The summed E-state index contributed by atoms with van der Waals surface area (Å²) < 4.78 is 3.79. The molecule has 0 aromatic carbocycles. The number of terminal acetylenes is 1. The number of hydrogen-bond donors (Lipinski definition) is 1. The average Bonchev–Trinajstić information content (AvgIpc) is 2.84. The molecule has 2 heterocycles. The van der Waals surface area contributed by atoms with Crippen LogP contribution in [0.25, 0.3) is 11.4 Å². The van der Waals surface area contributed by atoms with Gasteiger partial charge in [0.25, 0.3) is 0 Å². The highest BCUT2D eigenvalue weighted by atomic mass is 15.2. The molecule has 0 saturated heterocycles. The number of imidazole rings is 2. The number of aromatic nitrogens is 4. The molecule has 100 valence electrons. The number of nitrogens with zero attached hydrogens (tertiary/aromatic N) is 4. The Morgan fingerprint density at radius 1 is 1.42 bits per heavy atom. The summed E-state index contributed by atoms with van der Waals surface area (Å²) in [5, 5.41) is 0. The predicted octanol–water partition coefficient (Wildman–Crippen LogP) is 1.80. The normalized spacial score (nSPS) is 11.5. The number of nitrogens with two attached hydrogens (primary N) is 1. The molecule has 0 amide bonds. The third-order valence-electron chi connectivity index (χ3n) is 2.99. The molecule has 0 fully saturated rings. The molecule has 2 aromatic heterocycles. The van der Waals surface area contributed by atoms with E-state index < -0.39 is 0 Å². The first-order valence-corrected chi connectivity index (χ1v) is 6.13. The van der Waals surface area contributed by atoms with Gasteiger partial charge in [-0.3, -0.25) is 0 Å². The standard InChI is InChI=1S/C14H19N5/c1-6-7-19-12(15)11(10-8-16-9-18(10)5)17-13(19)14(2,3)4/h1,8-9H,7,15H2,2-5H3. The van der Waals surface area contributed by atoms with Crippen LogP contribution in [-0.4, -0.2) is 19.1 Å². The lowest BCUT2D eigenvalue weighted by atomic mass is 9.95. The van der Waals surface area contributed by atoms with Gasteiger partial charge in [-0.1, -0.05) is 26.7 Å². The number of rotatable bonds is 2. The quantitative estimate of drug-likeness (QED) is 0.834.